The van der Waals surface area contributed by atoms with E-state index in [0.29, 0.717) is 12.6 Å². The summed E-state index contributed by atoms with van der Waals surface area (Å²) in [5, 5.41) is 6.19. The van der Waals surface area contributed by atoms with Crippen LogP contribution >= 0.6 is 0 Å². The topological polar surface area (TPSA) is 44.4 Å². The van der Waals surface area contributed by atoms with E-state index in [-0.39, 0.29) is 5.91 Å². The average molecular weight is 213 g/mol. The van der Waals surface area contributed by atoms with Crippen molar-refractivity contribution in [1.82, 2.24) is 15.5 Å². The van der Waals surface area contributed by atoms with Crippen LogP contribution in [0.15, 0.2) is 0 Å². The van der Waals surface area contributed by atoms with Gasteiger partial charge in [0.2, 0.25) is 5.91 Å². The molecule has 15 heavy (non-hydrogen) atoms. The third-order valence-electron chi connectivity index (χ3n) is 2.74. The second-order valence-corrected chi connectivity index (χ2v) is 4.53. The Bertz CT molecular complexity index is 188. The first-order valence-corrected chi connectivity index (χ1v) is 5.83. The van der Waals surface area contributed by atoms with Gasteiger partial charge in [0, 0.05) is 19.1 Å². The first-order valence-electron chi connectivity index (χ1n) is 5.83. The van der Waals surface area contributed by atoms with E-state index in [9.17, 15) is 4.79 Å². The van der Waals surface area contributed by atoms with Crippen LogP contribution in [0, 0.1) is 0 Å². The maximum absolute atomic E-state index is 11.5. The van der Waals surface area contributed by atoms with Gasteiger partial charge in [-0.15, -0.1) is 0 Å². The van der Waals surface area contributed by atoms with Crippen molar-refractivity contribution in [2.24, 2.45) is 0 Å². The molecule has 2 N–H and O–H groups in total. The van der Waals surface area contributed by atoms with Crippen molar-refractivity contribution in [2.75, 3.05) is 33.7 Å². The summed E-state index contributed by atoms with van der Waals surface area (Å²) >= 11 is 0. The fourth-order valence-electron chi connectivity index (χ4n) is 1.85. The van der Waals surface area contributed by atoms with E-state index in [2.05, 4.69) is 15.5 Å². The Hall–Kier alpha value is -0.610. The quantitative estimate of drug-likeness (QED) is 0.619. The van der Waals surface area contributed by atoms with Crippen molar-refractivity contribution in [1.29, 1.82) is 0 Å². The van der Waals surface area contributed by atoms with Gasteiger partial charge in [0.15, 0.2) is 0 Å². The molecule has 0 heterocycles. The lowest BCUT2D eigenvalue weighted by Gasteiger charge is -2.13. The molecule has 0 aromatic rings. The normalized spacial score (nSPS) is 17.3. The molecule has 0 aliphatic heterocycles. The van der Waals surface area contributed by atoms with Gasteiger partial charge in [0.1, 0.15) is 0 Å². The molecule has 1 aliphatic rings. The molecule has 0 unspecified atom stereocenters. The van der Waals surface area contributed by atoms with Crippen molar-refractivity contribution >= 4 is 5.91 Å². The number of amides is 1. The largest absolute Gasteiger partial charge is 0.352 e. The number of likely N-dealkylation sites (N-methyl/N-ethyl adjacent to an activating group) is 1. The van der Waals surface area contributed by atoms with E-state index < -0.39 is 0 Å². The highest BCUT2D eigenvalue weighted by atomic mass is 16.1. The maximum Gasteiger partial charge on any atom is 0.234 e. The summed E-state index contributed by atoms with van der Waals surface area (Å²) in [6.07, 6.45) is 4.84. The SMILES string of the molecule is CN(C)CCNCC(=O)NC1CCCC1. The molecule has 1 fully saturated rings. The van der Waals surface area contributed by atoms with Crippen molar-refractivity contribution < 1.29 is 4.79 Å². The average Bonchev–Trinajstić information content (AvgIpc) is 2.64. The van der Waals surface area contributed by atoms with Crippen LogP contribution in [0.5, 0.6) is 0 Å². The summed E-state index contributed by atoms with van der Waals surface area (Å²) in [6.45, 7) is 2.28. The molecule has 4 nitrogen and oxygen atoms in total. The second kappa shape index (κ2) is 6.80. The minimum Gasteiger partial charge on any atom is -0.352 e. The molecule has 0 bridgehead atoms. The predicted octanol–water partition coefficient (Wildman–Crippen LogP) is 0.196. The molecule has 0 spiro atoms. The third-order valence-corrected chi connectivity index (χ3v) is 2.74. The van der Waals surface area contributed by atoms with Gasteiger partial charge in [-0.25, -0.2) is 0 Å². The Kier molecular flexibility index (Phi) is 5.65. The van der Waals surface area contributed by atoms with Crippen LogP contribution in [0.25, 0.3) is 0 Å². The molecule has 0 radical (unpaired) electrons. The highest BCUT2D eigenvalue weighted by molar-refractivity contribution is 5.78. The Morgan fingerprint density at radius 3 is 2.60 bits per heavy atom. The smallest absolute Gasteiger partial charge is 0.234 e. The van der Waals surface area contributed by atoms with Crippen LogP contribution in [0.1, 0.15) is 25.7 Å². The molecular weight excluding hydrogens is 190 g/mol. The first kappa shape index (κ1) is 12.5. The lowest BCUT2D eigenvalue weighted by Crippen LogP contribution is -2.40. The van der Waals surface area contributed by atoms with Gasteiger partial charge in [-0.2, -0.15) is 0 Å². The monoisotopic (exact) mass is 213 g/mol. The van der Waals surface area contributed by atoms with Crippen LogP contribution in [0.3, 0.4) is 0 Å². The number of carbonyl (C=O) groups is 1. The third kappa shape index (κ3) is 5.74. The van der Waals surface area contributed by atoms with Gasteiger partial charge in [-0.3, -0.25) is 4.79 Å². The molecular formula is C11H23N3O. The van der Waals surface area contributed by atoms with Crippen molar-refractivity contribution in [3.8, 4) is 0 Å². The molecule has 88 valence electrons. The van der Waals surface area contributed by atoms with Crippen LogP contribution in [0.4, 0.5) is 0 Å². The summed E-state index contributed by atoms with van der Waals surface area (Å²) in [5.41, 5.74) is 0. The van der Waals surface area contributed by atoms with E-state index in [1.54, 1.807) is 0 Å². The first-order chi connectivity index (χ1) is 7.18. The number of rotatable bonds is 6. The van der Waals surface area contributed by atoms with Crippen LogP contribution in [-0.4, -0.2) is 50.6 Å². The molecule has 1 amide bonds. The van der Waals surface area contributed by atoms with E-state index in [4.69, 9.17) is 0 Å². The summed E-state index contributed by atoms with van der Waals surface area (Å²) in [4.78, 5) is 13.6. The van der Waals surface area contributed by atoms with Crippen molar-refractivity contribution in [3.63, 3.8) is 0 Å². The van der Waals surface area contributed by atoms with Crippen LogP contribution < -0.4 is 10.6 Å². The lowest BCUT2D eigenvalue weighted by molar-refractivity contribution is -0.120. The van der Waals surface area contributed by atoms with Gasteiger partial charge in [-0.1, -0.05) is 12.8 Å². The Morgan fingerprint density at radius 1 is 1.33 bits per heavy atom. The molecule has 0 atom stereocenters. The summed E-state index contributed by atoms with van der Waals surface area (Å²) in [6, 6.07) is 0.438. The molecule has 0 aromatic heterocycles. The van der Waals surface area contributed by atoms with Crippen LogP contribution in [-0.2, 0) is 4.79 Å². The minimum atomic E-state index is 0.139. The van der Waals surface area contributed by atoms with Gasteiger partial charge in [-0.05, 0) is 26.9 Å². The van der Waals surface area contributed by atoms with Gasteiger partial charge >= 0.3 is 0 Å². The van der Waals surface area contributed by atoms with Crippen molar-refractivity contribution in [3.05, 3.63) is 0 Å². The Labute approximate surface area is 92.4 Å². The molecule has 4 heteroatoms. The Morgan fingerprint density at radius 2 is 2.00 bits per heavy atom. The summed E-state index contributed by atoms with van der Waals surface area (Å²) in [5.74, 6) is 0.139. The summed E-state index contributed by atoms with van der Waals surface area (Å²) in [7, 11) is 4.06. The van der Waals surface area contributed by atoms with Gasteiger partial charge < -0.3 is 15.5 Å². The molecule has 0 aromatic carbocycles. The summed E-state index contributed by atoms with van der Waals surface area (Å²) < 4.78 is 0. The van der Waals surface area contributed by atoms with Crippen LogP contribution in [0.2, 0.25) is 0 Å². The van der Waals surface area contributed by atoms with E-state index in [1.165, 1.54) is 12.8 Å². The highest BCUT2D eigenvalue weighted by Gasteiger charge is 2.16. The zero-order valence-electron chi connectivity index (χ0n) is 9.88. The second-order valence-electron chi connectivity index (χ2n) is 4.53. The van der Waals surface area contributed by atoms with Gasteiger partial charge in [0.05, 0.1) is 6.54 Å². The Balaban J connectivity index is 1.98. The number of hydrogen-bond donors (Lipinski definition) is 2. The number of nitrogens with zero attached hydrogens (tertiary/aromatic N) is 1. The maximum atomic E-state index is 11.5. The fraction of sp³-hybridized carbons (Fsp3) is 0.909. The van der Waals surface area contributed by atoms with Crippen molar-refractivity contribution in [2.45, 2.75) is 31.7 Å². The molecule has 1 aliphatic carbocycles. The number of nitrogens with one attached hydrogen (secondary N) is 2. The highest BCUT2D eigenvalue weighted by Crippen LogP contribution is 2.17. The standard InChI is InChI=1S/C11H23N3O/c1-14(2)8-7-12-9-11(15)13-10-5-3-4-6-10/h10,12H,3-9H2,1-2H3,(H,13,15). The molecule has 0 saturated heterocycles. The molecule has 1 saturated carbocycles. The molecule has 1 rings (SSSR count). The lowest BCUT2D eigenvalue weighted by atomic mass is 10.2. The number of hydrogen-bond acceptors (Lipinski definition) is 3. The van der Waals surface area contributed by atoms with E-state index >= 15 is 0 Å². The number of carbonyl (C=O) groups excluding carboxylic acids is 1. The zero-order chi connectivity index (χ0) is 11.1. The minimum absolute atomic E-state index is 0.139. The zero-order valence-corrected chi connectivity index (χ0v) is 9.88. The predicted molar refractivity (Wildman–Crippen MR) is 61.8 cm³/mol. The fourth-order valence-corrected chi connectivity index (χ4v) is 1.85. The van der Waals surface area contributed by atoms with Gasteiger partial charge in [0.25, 0.3) is 0 Å². The van der Waals surface area contributed by atoms with E-state index in [0.717, 1.165) is 25.9 Å². The van der Waals surface area contributed by atoms with E-state index in [1.807, 2.05) is 14.1 Å².